The predicted octanol–water partition coefficient (Wildman–Crippen LogP) is 2.24. The Bertz CT molecular complexity index is 934. The number of benzene rings is 1. The summed E-state index contributed by atoms with van der Waals surface area (Å²) in [5.74, 6) is 0.258. The number of aromatic nitrogens is 2. The maximum atomic E-state index is 12.1. The second kappa shape index (κ2) is 7.56. The largest absolute Gasteiger partial charge is 0.481 e. The molecule has 8 heteroatoms. The Kier molecular flexibility index (Phi) is 5.02. The van der Waals surface area contributed by atoms with Gasteiger partial charge in [-0.2, -0.15) is 0 Å². The van der Waals surface area contributed by atoms with Crippen LogP contribution in [0.1, 0.15) is 10.5 Å². The van der Waals surface area contributed by atoms with Gasteiger partial charge < -0.3 is 25.5 Å². The molecular formula is C18H18N4O4. The highest BCUT2D eigenvalue weighted by Gasteiger charge is 2.10. The first-order chi connectivity index (χ1) is 12.6. The van der Waals surface area contributed by atoms with E-state index in [1.54, 1.807) is 25.4 Å². The SMILES string of the molecule is COc1ccc(-c2ccc3[nH]c(C(=O)NCCNC(=O)O)cc3c2)cn1. The van der Waals surface area contributed by atoms with E-state index in [1.807, 2.05) is 24.3 Å². The first kappa shape index (κ1) is 17.3. The molecule has 0 radical (unpaired) electrons. The van der Waals surface area contributed by atoms with E-state index < -0.39 is 6.09 Å². The quantitative estimate of drug-likeness (QED) is 0.507. The number of fused-ring (bicyclic) bond motifs is 1. The number of H-pyrrole nitrogens is 1. The Morgan fingerprint density at radius 3 is 2.58 bits per heavy atom. The van der Waals surface area contributed by atoms with Crippen LogP contribution in [0.25, 0.3) is 22.0 Å². The molecule has 0 unspecified atom stereocenters. The van der Waals surface area contributed by atoms with Crippen molar-refractivity contribution in [3.63, 3.8) is 0 Å². The van der Waals surface area contributed by atoms with Crippen molar-refractivity contribution in [1.29, 1.82) is 0 Å². The normalized spacial score (nSPS) is 10.5. The number of hydrogen-bond donors (Lipinski definition) is 4. The Hall–Kier alpha value is -3.55. The predicted molar refractivity (Wildman–Crippen MR) is 96.4 cm³/mol. The van der Waals surface area contributed by atoms with Crippen molar-refractivity contribution >= 4 is 22.9 Å². The molecule has 0 aliphatic carbocycles. The summed E-state index contributed by atoms with van der Waals surface area (Å²) in [6, 6.07) is 11.3. The van der Waals surface area contributed by atoms with Crippen molar-refractivity contribution in [3.05, 3.63) is 48.3 Å². The highest BCUT2D eigenvalue weighted by molar-refractivity contribution is 5.98. The van der Waals surface area contributed by atoms with E-state index >= 15 is 0 Å². The van der Waals surface area contributed by atoms with Crippen molar-refractivity contribution in [2.45, 2.75) is 0 Å². The molecular weight excluding hydrogens is 336 g/mol. The fourth-order valence-corrected chi connectivity index (χ4v) is 2.55. The van der Waals surface area contributed by atoms with Gasteiger partial charge in [-0.15, -0.1) is 0 Å². The smallest absolute Gasteiger partial charge is 0.404 e. The van der Waals surface area contributed by atoms with Crippen LogP contribution >= 0.6 is 0 Å². The van der Waals surface area contributed by atoms with Crippen LogP contribution in [-0.4, -0.2) is 47.3 Å². The maximum absolute atomic E-state index is 12.1. The number of carbonyl (C=O) groups is 2. The van der Waals surface area contributed by atoms with E-state index in [0.717, 1.165) is 22.0 Å². The molecule has 0 aliphatic heterocycles. The number of pyridine rings is 1. The maximum Gasteiger partial charge on any atom is 0.404 e. The fourth-order valence-electron chi connectivity index (χ4n) is 2.55. The highest BCUT2D eigenvalue weighted by Crippen LogP contribution is 2.25. The van der Waals surface area contributed by atoms with Crippen molar-refractivity contribution < 1.29 is 19.4 Å². The van der Waals surface area contributed by atoms with Crippen LogP contribution < -0.4 is 15.4 Å². The zero-order valence-corrected chi connectivity index (χ0v) is 14.1. The molecule has 3 aromatic rings. The standard InChI is InChI=1S/C18H18N4O4/c1-26-16-5-3-12(10-21-16)11-2-4-14-13(8-11)9-15(22-14)17(23)19-6-7-20-18(24)25/h2-5,8-10,20,22H,6-7H2,1H3,(H,19,23)(H,24,25). The lowest BCUT2D eigenvalue weighted by molar-refractivity contribution is 0.0949. The van der Waals surface area contributed by atoms with E-state index in [-0.39, 0.29) is 19.0 Å². The second-order valence-electron chi connectivity index (χ2n) is 5.56. The molecule has 8 nitrogen and oxygen atoms in total. The average molecular weight is 354 g/mol. The van der Waals surface area contributed by atoms with Crippen LogP contribution in [0, 0.1) is 0 Å². The number of ether oxygens (including phenoxy) is 1. The molecule has 0 saturated heterocycles. The zero-order chi connectivity index (χ0) is 18.5. The topological polar surface area (TPSA) is 116 Å². The number of carboxylic acid groups (broad SMARTS) is 1. The van der Waals surface area contributed by atoms with Gasteiger partial charge in [-0.3, -0.25) is 4.79 Å². The molecule has 0 fully saturated rings. The molecule has 0 spiro atoms. The second-order valence-corrected chi connectivity index (χ2v) is 5.56. The first-order valence-corrected chi connectivity index (χ1v) is 7.95. The van der Waals surface area contributed by atoms with Crippen molar-refractivity contribution in [2.24, 2.45) is 0 Å². The summed E-state index contributed by atoms with van der Waals surface area (Å²) >= 11 is 0. The number of amides is 2. The molecule has 0 aliphatic rings. The van der Waals surface area contributed by atoms with Gasteiger partial charge in [0.05, 0.1) is 7.11 Å². The van der Waals surface area contributed by atoms with E-state index in [9.17, 15) is 9.59 Å². The van der Waals surface area contributed by atoms with Gasteiger partial charge >= 0.3 is 6.09 Å². The van der Waals surface area contributed by atoms with E-state index in [4.69, 9.17) is 9.84 Å². The monoisotopic (exact) mass is 354 g/mol. The molecule has 2 heterocycles. The van der Waals surface area contributed by atoms with Gasteiger partial charge in [0, 0.05) is 41.8 Å². The number of rotatable bonds is 6. The average Bonchev–Trinajstić information content (AvgIpc) is 3.08. The summed E-state index contributed by atoms with van der Waals surface area (Å²) in [6.07, 6.45) is 0.612. The summed E-state index contributed by atoms with van der Waals surface area (Å²) in [5, 5.41) is 14.2. The Balaban J connectivity index is 1.74. The number of nitrogens with one attached hydrogen (secondary N) is 3. The molecule has 1 aromatic carbocycles. The summed E-state index contributed by atoms with van der Waals surface area (Å²) in [6.45, 7) is 0.360. The summed E-state index contributed by atoms with van der Waals surface area (Å²) < 4.78 is 5.06. The molecule has 0 saturated carbocycles. The van der Waals surface area contributed by atoms with Crippen molar-refractivity contribution in [2.75, 3.05) is 20.2 Å². The Morgan fingerprint density at radius 2 is 1.88 bits per heavy atom. The summed E-state index contributed by atoms with van der Waals surface area (Å²) in [5.41, 5.74) is 3.17. The van der Waals surface area contributed by atoms with Crippen LogP contribution in [0.4, 0.5) is 4.79 Å². The molecule has 2 amide bonds. The van der Waals surface area contributed by atoms with Crippen LogP contribution in [0.15, 0.2) is 42.6 Å². The zero-order valence-electron chi connectivity index (χ0n) is 14.1. The molecule has 2 aromatic heterocycles. The minimum atomic E-state index is -1.12. The lowest BCUT2D eigenvalue weighted by Gasteiger charge is -2.03. The molecule has 0 atom stereocenters. The van der Waals surface area contributed by atoms with Gasteiger partial charge in [0.2, 0.25) is 5.88 Å². The van der Waals surface area contributed by atoms with E-state index in [1.165, 1.54) is 0 Å². The van der Waals surface area contributed by atoms with E-state index in [0.29, 0.717) is 11.6 Å². The van der Waals surface area contributed by atoms with Crippen LogP contribution in [0.5, 0.6) is 5.88 Å². The Labute approximate surface area is 149 Å². The van der Waals surface area contributed by atoms with Crippen LogP contribution in [-0.2, 0) is 0 Å². The van der Waals surface area contributed by atoms with E-state index in [2.05, 4.69) is 20.6 Å². The fraction of sp³-hybridized carbons (Fsp3) is 0.167. The number of carbonyl (C=O) groups excluding carboxylic acids is 1. The van der Waals surface area contributed by atoms with Gasteiger partial charge in [0.1, 0.15) is 5.69 Å². The van der Waals surface area contributed by atoms with Crippen LogP contribution in [0.2, 0.25) is 0 Å². The number of aromatic amines is 1. The molecule has 134 valence electrons. The molecule has 26 heavy (non-hydrogen) atoms. The van der Waals surface area contributed by atoms with Gasteiger partial charge in [-0.05, 0) is 29.8 Å². The minimum absolute atomic E-state index is 0.149. The minimum Gasteiger partial charge on any atom is -0.481 e. The van der Waals surface area contributed by atoms with Crippen LogP contribution in [0.3, 0.4) is 0 Å². The third kappa shape index (κ3) is 3.92. The Morgan fingerprint density at radius 1 is 1.12 bits per heavy atom. The van der Waals surface area contributed by atoms with Crippen molar-refractivity contribution in [3.8, 4) is 17.0 Å². The van der Waals surface area contributed by atoms with Crippen molar-refractivity contribution in [1.82, 2.24) is 20.6 Å². The molecule has 3 rings (SSSR count). The molecule has 4 N–H and O–H groups in total. The van der Waals surface area contributed by atoms with Gasteiger partial charge in [0.15, 0.2) is 0 Å². The summed E-state index contributed by atoms with van der Waals surface area (Å²) in [4.78, 5) is 29.8. The first-order valence-electron chi connectivity index (χ1n) is 7.95. The third-order valence-electron chi connectivity index (χ3n) is 3.83. The van der Waals surface area contributed by atoms with Gasteiger partial charge in [-0.25, -0.2) is 9.78 Å². The summed E-state index contributed by atoms with van der Waals surface area (Å²) in [7, 11) is 1.57. The molecule has 0 bridgehead atoms. The highest BCUT2D eigenvalue weighted by atomic mass is 16.5. The van der Waals surface area contributed by atoms with Gasteiger partial charge in [0.25, 0.3) is 5.91 Å². The lowest BCUT2D eigenvalue weighted by Crippen LogP contribution is -2.34. The van der Waals surface area contributed by atoms with Gasteiger partial charge in [-0.1, -0.05) is 6.07 Å². The lowest BCUT2D eigenvalue weighted by atomic mass is 10.1. The number of methoxy groups -OCH3 is 1. The number of nitrogens with zero attached hydrogens (tertiary/aromatic N) is 1. The third-order valence-corrected chi connectivity index (χ3v) is 3.83. The number of hydrogen-bond acceptors (Lipinski definition) is 4.